The van der Waals surface area contributed by atoms with Gasteiger partial charge in [0.05, 0.1) is 18.0 Å². The predicted molar refractivity (Wildman–Crippen MR) is 87.8 cm³/mol. The van der Waals surface area contributed by atoms with Crippen LogP contribution in [0.5, 0.6) is 5.75 Å². The Morgan fingerprint density at radius 3 is 2.43 bits per heavy atom. The van der Waals surface area contributed by atoms with E-state index >= 15 is 0 Å². The Morgan fingerprint density at radius 2 is 1.78 bits per heavy atom. The SMILES string of the molecule is COc1cccc(NC(=O)[C@@H](C)NS(=O)(=O)c2ccccc2)c1. The number of benzene rings is 2. The summed E-state index contributed by atoms with van der Waals surface area (Å²) in [6.07, 6.45) is 0. The summed E-state index contributed by atoms with van der Waals surface area (Å²) in [5.41, 5.74) is 0.528. The van der Waals surface area contributed by atoms with E-state index in [2.05, 4.69) is 10.0 Å². The van der Waals surface area contributed by atoms with Gasteiger partial charge in [-0.05, 0) is 31.2 Å². The van der Waals surface area contributed by atoms with Gasteiger partial charge in [-0.2, -0.15) is 4.72 Å². The molecule has 1 atom stereocenters. The summed E-state index contributed by atoms with van der Waals surface area (Å²) in [6.45, 7) is 1.48. The van der Waals surface area contributed by atoms with Crippen LogP contribution in [0.3, 0.4) is 0 Å². The third-order valence-corrected chi connectivity index (χ3v) is 4.67. The number of ether oxygens (including phenoxy) is 1. The fourth-order valence-corrected chi connectivity index (χ4v) is 3.13. The number of methoxy groups -OCH3 is 1. The highest BCUT2D eigenvalue weighted by Gasteiger charge is 2.21. The molecular weight excluding hydrogens is 316 g/mol. The Balaban J connectivity index is 2.05. The largest absolute Gasteiger partial charge is 0.497 e. The number of nitrogens with one attached hydrogen (secondary N) is 2. The molecule has 0 aliphatic heterocycles. The van der Waals surface area contributed by atoms with Crippen molar-refractivity contribution >= 4 is 21.6 Å². The predicted octanol–water partition coefficient (Wildman–Crippen LogP) is 2.00. The molecule has 6 nitrogen and oxygen atoms in total. The Bertz CT molecular complexity index is 776. The lowest BCUT2D eigenvalue weighted by Gasteiger charge is -2.15. The Morgan fingerprint density at radius 1 is 1.09 bits per heavy atom. The molecule has 0 spiro atoms. The number of sulfonamides is 1. The lowest BCUT2D eigenvalue weighted by Crippen LogP contribution is -2.41. The van der Waals surface area contributed by atoms with E-state index in [1.54, 1.807) is 42.5 Å². The van der Waals surface area contributed by atoms with Crippen LogP contribution >= 0.6 is 0 Å². The van der Waals surface area contributed by atoms with Crippen molar-refractivity contribution in [3.63, 3.8) is 0 Å². The molecule has 0 radical (unpaired) electrons. The minimum atomic E-state index is -3.75. The monoisotopic (exact) mass is 334 g/mol. The first-order valence-corrected chi connectivity index (χ1v) is 8.43. The summed E-state index contributed by atoms with van der Waals surface area (Å²) < 4.78 is 31.8. The average molecular weight is 334 g/mol. The third kappa shape index (κ3) is 4.54. The molecule has 0 unspecified atom stereocenters. The van der Waals surface area contributed by atoms with Crippen LogP contribution < -0.4 is 14.8 Å². The highest BCUT2D eigenvalue weighted by atomic mass is 32.2. The van der Waals surface area contributed by atoms with Crippen LogP contribution in [0, 0.1) is 0 Å². The zero-order valence-electron chi connectivity index (χ0n) is 12.8. The third-order valence-electron chi connectivity index (χ3n) is 3.12. The first kappa shape index (κ1) is 17.0. The van der Waals surface area contributed by atoms with Crippen LogP contribution in [0.15, 0.2) is 59.5 Å². The highest BCUT2D eigenvalue weighted by Crippen LogP contribution is 2.17. The van der Waals surface area contributed by atoms with Crippen molar-refractivity contribution in [1.29, 1.82) is 0 Å². The van der Waals surface area contributed by atoms with E-state index in [-0.39, 0.29) is 4.90 Å². The van der Waals surface area contributed by atoms with Crippen molar-refractivity contribution in [2.24, 2.45) is 0 Å². The quantitative estimate of drug-likeness (QED) is 0.846. The van der Waals surface area contributed by atoms with E-state index in [0.717, 1.165) is 0 Å². The standard InChI is InChI=1S/C16H18N2O4S/c1-12(18-23(20,21)15-9-4-3-5-10-15)16(19)17-13-7-6-8-14(11-13)22-2/h3-12,18H,1-2H3,(H,17,19)/t12-/m1/s1. The van der Waals surface area contributed by atoms with Crippen molar-refractivity contribution in [3.05, 3.63) is 54.6 Å². The van der Waals surface area contributed by atoms with Crippen LogP contribution in [0.4, 0.5) is 5.69 Å². The van der Waals surface area contributed by atoms with E-state index < -0.39 is 22.0 Å². The van der Waals surface area contributed by atoms with Crippen molar-refractivity contribution in [2.45, 2.75) is 17.9 Å². The molecule has 0 aliphatic rings. The molecular formula is C16H18N2O4S. The Labute approximate surface area is 135 Å². The molecule has 0 aromatic heterocycles. The molecule has 1 amide bonds. The second kappa shape index (κ2) is 7.26. The first-order chi connectivity index (χ1) is 10.9. The van der Waals surface area contributed by atoms with E-state index in [4.69, 9.17) is 4.74 Å². The van der Waals surface area contributed by atoms with Gasteiger partial charge in [0.2, 0.25) is 15.9 Å². The minimum absolute atomic E-state index is 0.112. The maximum Gasteiger partial charge on any atom is 0.242 e. The Hall–Kier alpha value is -2.38. The normalized spacial score (nSPS) is 12.4. The van der Waals surface area contributed by atoms with Crippen molar-refractivity contribution in [3.8, 4) is 5.75 Å². The van der Waals surface area contributed by atoms with Gasteiger partial charge in [0.1, 0.15) is 5.75 Å². The number of hydrogen-bond acceptors (Lipinski definition) is 4. The van der Waals surface area contributed by atoms with Crippen LogP contribution in [0.1, 0.15) is 6.92 Å². The topological polar surface area (TPSA) is 84.5 Å². The smallest absolute Gasteiger partial charge is 0.242 e. The first-order valence-electron chi connectivity index (χ1n) is 6.94. The summed E-state index contributed by atoms with van der Waals surface area (Å²) >= 11 is 0. The zero-order chi connectivity index (χ0) is 16.9. The number of carbonyl (C=O) groups is 1. The number of anilines is 1. The molecule has 122 valence electrons. The van der Waals surface area contributed by atoms with E-state index in [9.17, 15) is 13.2 Å². The molecule has 2 aromatic rings. The minimum Gasteiger partial charge on any atom is -0.497 e. The second-order valence-electron chi connectivity index (χ2n) is 4.88. The fraction of sp³-hybridized carbons (Fsp3) is 0.188. The van der Waals surface area contributed by atoms with Gasteiger partial charge in [-0.3, -0.25) is 4.79 Å². The van der Waals surface area contributed by atoms with E-state index in [0.29, 0.717) is 11.4 Å². The van der Waals surface area contributed by atoms with Gasteiger partial charge >= 0.3 is 0 Å². The van der Waals surface area contributed by atoms with Gasteiger partial charge in [-0.1, -0.05) is 24.3 Å². The molecule has 7 heteroatoms. The fourth-order valence-electron chi connectivity index (χ4n) is 1.91. The molecule has 0 heterocycles. The van der Waals surface area contributed by atoms with Gasteiger partial charge < -0.3 is 10.1 Å². The lowest BCUT2D eigenvalue weighted by molar-refractivity contribution is -0.117. The molecule has 0 aliphatic carbocycles. The maximum absolute atomic E-state index is 12.2. The van der Waals surface area contributed by atoms with Crippen LogP contribution in [0.2, 0.25) is 0 Å². The average Bonchev–Trinajstić information content (AvgIpc) is 2.55. The van der Waals surface area contributed by atoms with Crippen molar-refractivity contribution in [2.75, 3.05) is 12.4 Å². The molecule has 0 saturated heterocycles. The summed E-state index contributed by atoms with van der Waals surface area (Å²) in [5.74, 6) is 0.137. The summed E-state index contributed by atoms with van der Waals surface area (Å²) in [6, 6.07) is 13.8. The van der Waals surface area contributed by atoms with Crippen LogP contribution in [-0.4, -0.2) is 27.5 Å². The number of carbonyl (C=O) groups excluding carboxylic acids is 1. The summed E-state index contributed by atoms with van der Waals surface area (Å²) in [7, 11) is -2.22. The Kier molecular flexibility index (Phi) is 5.36. The maximum atomic E-state index is 12.2. The molecule has 0 bridgehead atoms. The van der Waals surface area contributed by atoms with Crippen molar-refractivity contribution < 1.29 is 17.9 Å². The van der Waals surface area contributed by atoms with Crippen LogP contribution in [0.25, 0.3) is 0 Å². The molecule has 2 aromatic carbocycles. The number of amides is 1. The van der Waals surface area contributed by atoms with Gasteiger partial charge in [0.15, 0.2) is 0 Å². The van der Waals surface area contributed by atoms with Crippen LogP contribution in [-0.2, 0) is 14.8 Å². The molecule has 2 N–H and O–H groups in total. The molecule has 23 heavy (non-hydrogen) atoms. The molecule has 2 rings (SSSR count). The van der Waals surface area contributed by atoms with Gasteiger partial charge in [0.25, 0.3) is 0 Å². The molecule has 0 saturated carbocycles. The molecule has 0 fully saturated rings. The summed E-state index contributed by atoms with van der Waals surface area (Å²) in [4.78, 5) is 12.3. The zero-order valence-corrected chi connectivity index (χ0v) is 13.6. The lowest BCUT2D eigenvalue weighted by atomic mass is 10.2. The number of hydrogen-bond donors (Lipinski definition) is 2. The van der Waals surface area contributed by atoms with Crippen molar-refractivity contribution in [1.82, 2.24) is 4.72 Å². The highest BCUT2D eigenvalue weighted by molar-refractivity contribution is 7.89. The summed E-state index contributed by atoms with van der Waals surface area (Å²) in [5, 5.41) is 2.64. The van der Waals surface area contributed by atoms with E-state index in [1.165, 1.54) is 26.2 Å². The van der Waals surface area contributed by atoms with Gasteiger partial charge in [-0.15, -0.1) is 0 Å². The second-order valence-corrected chi connectivity index (χ2v) is 6.59. The van der Waals surface area contributed by atoms with Gasteiger partial charge in [0, 0.05) is 11.8 Å². The number of rotatable bonds is 6. The van der Waals surface area contributed by atoms with E-state index in [1.807, 2.05) is 0 Å². The van der Waals surface area contributed by atoms with Gasteiger partial charge in [-0.25, -0.2) is 8.42 Å².